The summed E-state index contributed by atoms with van der Waals surface area (Å²) in [5.74, 6) is 1.96. The van der Waals surface area contributed by atoms with Crippen LogP contribution in [0, 0.1) is 11.8 Å². The molecule has 7 heteroatoms. The molecule has 0 aromatic rings. The molecule has 0 aromatic carbocycles. The lowest BCUT2D eigenvalue weighted by Gasteiger charge is -2.39. The molecular formula is C17H29N5O2. The van der Waals surface area contributed by atoms with E-state index in [2.05, 4.69) is 35.9 Å². The fourth-order valence-electron chi connectivity index (χ4n) is 3.62. The number of hydrogen-bond acceptors (Lipinski definition) is 5. The van der Waals surface area contributed by atoms with E-state index in [1.807, 2.05) is 0 Å². The van der Waals surface area contributed by atoms with Gasteiger partial charge in [0.1, 0.15) is 0 Å². The number of nitrogens with one attached hydrogen (secondary N) is 1. The number of rotatable bonds is 3. The first-order chi connectivity index (χ1) is 11.4. The van der Waals surface area contributed by atoms with Crippen LogP contribution in [-0.2, 0) is 4.79 Å². The van der Waals surface area contributed by atoms with Gasteiger partial charge >= 0.3 is 6.03 Å². The highest BCUT2D eigenvalue weighted by Gasteiger charge is 2.49. The zero-order chi connectivity index (χ0) is 17.4. The Bertz CT molecular complexity index is 539. The van der Waals surface area contributed by atoms with Gasteiger partial charge in [0.05, 0.1) is 0 Å². The van der Waals surface area contributed by atoms with Crippen LogP contribution in [0.25, 0.3) is 0 Å². The average molecular weight is 335 g/mol. The van der Waals surface area contributed by atoms with E-state index in [-0.39, 0.29) is 11.9 Å². The van der Waals surface area contributed by atoms with Gasteiger partial charge in [0.25, 0.3) is 5.91 Å². The number of carbonyl (C=O) groups excluding carboxylic acids is 2. The largest absolute Gasteiger partial charge is 0.343 e. The van der Waals surface area contributed by atoms with Gasteiger partial charge in [-0.05, 0) is 31.1 Å². The maximum Gasteiger partial charge on any atom is 0.325 e. The zero-order valence-corrected chi connectivity index (χ0v) is 15.2. The predicted molar refractivity (Wildman–Crippen MR) is 92.4 cm³/mol. The molecule has 24 heavy (non-hydrogen) atoms. The standard InChI is InChI=1S/C17H29N5O2/c1-11(2)5-10-22-13-14(20(4)17(24)19-15(13)23)18-16(22)21-8-6-12(3)7-9-21/h11-14H,5-10H2,1-4H3,(H,19,23,24). The van der Waals surface area contributed by atoms with E-state index in [1.165, 1.54) is 0 Å². The highest BCUT2D eigenvalue weighted by Crippen LogP contribution is 2.28. The summed E-state index contributed by atoms with van der Waals surface area (Å²) in [6.45, 7) is 9.38. The molecule has 7 nitrogen and oxygen atoms in total. The van der Waals surface area contributed by atoms with E-state index in [0.29, 0.717) is 5.92 Å². The van der Waals surface area contributed by atoms with Gasteiger partial charge in [-0.25, -0.2) is 9.79 Å². The number of fused-ring (bicyclic) bond motifs is 1. The van der Waals surface area contributed by atoms with Gasteiger partial charge in [-0.1, -0.05) is 20.8 Å². The highest BCUT2D eigenvalue weighted by atomic mass is 16.2. The molecule has 0 aliphatic carbocycles. The van der Waals surface area contributed by atoms with Crippen molar-refractivity contribution in [3.8, 4) is 0 Å². The quantitative estimate of drug-likeness (QED) is 0.844. The van der Waals surface area contributed by atoms with Crippen LogP contribution in [0.4, 0.5) is 4.79 Å². The normalized spacial score (nSPS) is 28.4. The number of likely N-dealkylation sites (N-methyl/N-ethyl adjacent to an activating group) is 1. The number of guanidine groups is 1. The smallest absolute Gasteiger partial charge is 0.325 e. The highest BCUT2D eigenvalue weighted by molar-refractivity contribution is 6.03. The molecule has 3 rings (SSSR count). The van der Waals surface area contributed by atoms with E-state index in [0.717, 1.165) is 50.8 Å². The van der Waals surface area contributed by atoms with Crippen molar-refractivity contribution in [1.29, 1.82) is 0 Å². The summed E-state index contributed by atoms with van der Waals surface area (Å²) < 4.78 is 0. The second-order valence-corrected chi connectivity index (χ2v) is 7.74. The van der Waals surface area contributed by atoms with Crippen molar-refractivity contribution in [3.63, 3.8) is 0 Å². The molecule has 0 radical (unpaired) electrons. The van der Waals surface area contributed by atoms with Crippen molar-refractivity contribution in [3.05, 3.63) is 0 Å². The SMILES string of the molecule is CC(C)CCN1C(N2CCC(C)CC2)=NC2C1C(=O)NC(=O)N2C. The second-order valence-electron chi connectivity index (χ2n) is 7.74. The first-order valence-electron chi connectivity index (χ1n) is 9.05. The molecule has 134 valence electrons. The molecule has 3 aliphatic heterocycles. The molecule has 0 saturated carbocycles. The number of urea groups is 1. The molecule has 0 bridgehead atoms. The van der Waals surface area contributed by atoms with E-state index >= 15 is 0 Å². The Hall–Kier alpha value is -1.79. The lowest BCUT2D eigenvalue weighted by Crippen LogP contribution is -2.64. The Morgan fingerprint density at radius 1 is 1.25 bits per heavy atom. The summed E-state index contributed by atoms with van der Waals surface area (Å²) in [4.78, 5) is 35.2. The molecular weight excluding hydrogens is 306 g/mol. The van der Waals surface area contributed by atoms with Gasteiger partial charge in [-0.2, -0.15) is 0 Å². The predicted octanol–water partition coefficient (Wildman–Crippen LogP) is 1.31. The molecule has 2 unspecified atom stereocenters. The first kappa shape index (κ1) is 17.0. The Morgan fingerprint density at radius 3 is 2.54 bits per heavy atom. The van der Waals surface area contributed by atoms with Gasteiger partial charge < -0.3 is 14.7 Å². The molecule has 3 heterocycles. The Kier molecular flexibility index (Phi) is 4.69. The number of hydrogen-bond donors (Lipinski definition) is 1. The van der Waals surface area contributed by atoms with Crippen LogP contribution in [-0.4, -0.2) is 71.5 Å². The number of imide groups is 1. The molecule has 2 atom stereocenters. The monoisotopic (exact) mass is 335 g/mol. The molecule has 1 N–H and O–H groups in total. The minimum atomic E-state index is -0.409. The molecule has 0 spiro atoms. The summed E-state index contributed by atoms with van der Waals surface area (Å²) >= 11 is 0. The summed E-state index contributed by atoms with van der Waals surface area (Å²) in [6, 6.07) is -0.761. The fraction of sp³-hybridized carbons (Fsp3) is 0.824. The van der Waals surface area contributed by atoms with Crippen LogP contribution in [0.1, 0.15) is 40.0 Å². The van der Waals surface area contributed by atoms with Crippen LogP contribution in [0.3, 0.4) is 0 Å². The van der Waals surface area contributed by atoms with Crippen molar-refractivity contribution < 1.29 is 9.59 Å². The number of nitrogens with zero attached hydrogens (tertiary/aromatic N) is 4. The van der Waals surface area contributed by atoms with Gasteiger partial charge in [0, 0.05) is 26.7 Å². The lowest BCUT2D eigenvalue weighted by molar-refractivity contribution is -0.127. The van der Waals surface area contributed by atoms with E-state index in [4.69, 9.17) is 4.99 Å². The van der Waals surface area contributed by atoms with Crippen LogP contribution in [0.15, 0.2) is 4.99 Å². The summed E-state index contributed by atoms with van der Waals surface area (Å²) in [5, 5.41) is 2.46. The second kappa shape index (κ2) is 6.61. The third-order valence-electron chi connectivity index (χ3n) is 5.35. The Labute approximate surface area is 144 Å². The fourth-order valence-corrected chi connectivity index (χ4v) is 3.62. The van der Waals surface area contributed by atoms with E-state index in [9.17, 15) is 9.59 Å². The van der Waals surface area contributed by atoms with Gasteiger partial charge in [-0.15, -0.1) is 0 Å². The summed E-state index contributed by atoms with van der Waals surface area (Å²) in [5.41, 5.74) is 0. The van der Waals surface area contributed by atoms with Crippen LogP contribution < -0.4 is 5.32 Å². The van der Waals surface area contributed by atoms with Crippen molar-refractivity contribution in [2.24, 2.45) is 16.8 Å². The summed E-state index contributed by atoms with van der Waals surface area (Å²) in [6.07, 6.45) is 2.88. The van der Waals surface area contributed by atoms with Crippen molar-refractivity contribution in [2.75, 3.05) is 26.7 Å². The van der Waals surface area contributed by atoms with Crippen LogP contribution in [0.2, 0.25) is 0 Å². The maximum absolute atomic E-state index is 12.5. The molecule has 3 amide bonds. The zero-order valence-electron chi connectivity index (χ0n) is 15.2. The first-order valence-corrected chi connectivity index (χ1v) is 9.05. The number of aliphatic imine (C=N–C) groups is 1. The van der Waals surface area contributed by atoms with Crippen LogP contribution in [0.5, 0.6) is 0 Å². The van der Waals surface area contributed by atoms with Crippen molar-refractivity contribution in [2.45, 2.75) is 52.2 Å². The summed E-state index contributed by atoms with van der Waals surface area (Å²) in [7, 11) is 1.71. The third kappa shape index (κ3) is 3.08. The van der Waals surface area contributed by atoms with Crippen molar-refractivity contribution >= 4 is 17.9 Å². The number of piperidine rings is 1. The van der Waals surface area contributed by atoms with E-state index in [1.54, 1.807) is 11.9 Å². The average Bonchev–Trinajstić information content (AvgIpc) is 2.91. The Morgan fingerprint density at radius 2 is 1.92 bits per heavy atom. The minimum Gasteiger partial charge on any atom is -0.343 e. The van der Waals surface area contributed by atoms with Gasteiger partial charge in [-0.3, -0.25) is 10.1 Å². The number of likely N-dealkylation sites (tertiary alicyclic amines) is 1. The third-order valence-corrected chi connectivity index (χ3v) is 5.35. The van der Waals surface area contributed by atoms with Crippen molar-refractivity contribution in [1.82, 2.24) is 20.0 Å². The van der Waals surface area contributed by atoms with Gasteiger partial charge in [0.2, 0.25) is 0 Å². The molecule has 3 aliphatic rings. The lowest BCUT2D eigenvalue weighted by atomic mass is 9.99. The maximum atomic E-state index is 12.5. The molecule has 2 saturated heterocycles. The Balaban J connectivity index is 1.85. The van der Waals surface area contributed by atoms with E-state index < -0.39 is 12.2 Å². The van der Waals surface area contributed by atoms with Gasteiger partial charge in [0.15, 0.2) is 18.2 Å². The molecule has 2 fully saturated rings. The minimum absolute atomic E-state index is 0.226. The number of carbonyl (C=O) groups is 2. The van der Waals surface area contributed by atoms with Crippen LogP contribution >= 0.6 is 0 Å². The number of amides is 3. The molecule has 0 aromatic heterocycles. The topological polar surface area (TPSA) is 68.2 Å².